The number of nitrogens with zero attached hydrogens (tertiary/aromatic N) is 1. The quantitative estimate of drug-likeness (QED) is 0.519. The highest BCUT2D eigenvalue weighted by molar-refractivity contribution is 5.49. The Morgan fingerprint density at radius 3 is 1.54 bits per heavy atom. The molecule has 0 bridgehead atoms. The summed E-state index contributed by atoms with van der Waals surface area (Å²) in [6, 6.07) is 8.36. The normalized spacial score (nSPS) is 8.31. The Morgan fingerprint density at radius 2 is 1.38 bits per heavy atom. The predicted molar refractivity (Wildman–Crippen MR) is 58.4 cm³/mol. The highest BCUT2D eigenvalue weighted by Gasteiger charge is 1.83. The fourth-order valence-electron chi connectivity index (χ4n) is 0.663. The smallest absolute Gasteiger partial charge is 0.0812 e. The van der Waals surface area contributed by atoms with Crippen molar-refractivity contribution in [2.45, 2.75) is 13.8 Å². The van der Waals surface area contributed by atoms with Gasteiger partial charge in [-0.15, -0.1) is 0 Å². The number of aryl methyl sites for hydroxylation is 2. The maximum atomic E-state index is 6.46. The minimum atomic E-state index is 1.25. The number of hydrogen-bond acceptors (Lipinski definition) is 1. The monoisotopic (exact) mass is 178 g/mol. The highest BCUT2D eigenvalue weighted by Crippen LogP contribution is 2.02. The Bertz CT molecular complexity index is 233. The molecule has 2 heteroatoms. The first kappa shape index (κ1) is 11.7. The van der Waals surface area contributed by atoms with Gasteiger partial charge in [0.1, 0.15) is 0 Å². The number of rotatable bonds is 1. The van der Waals surface area contributed by atoms with Gasteiger partial charge in [0, 0.05) is 14.1 Å². The van der Waals surface area contributed by atoms with Crippen molar-refractivity contribution in [1.29, 1.82) is 5.41 Å². The molecule has 2 nitrogen and oxygen atoms in total. The summed E-state index contributed by atoms with van der Waals surface area (Å²) in [4.78, 5) is 1.67. The molecule has 0 aliphatic rings. The Morgan fingerprint density at radius 1 is 1.08 bits per heavy atom. The third-order valence-electron chi connectivity index (χ3n) is 1.68. The minimum absolute atomic E-state index is 1.25. The van der Waals surface area contributed by atoms with Crippen molar-refractivity contribution in [2.75, 3.05) is 14.1 Å². The topological polar surface area (TPSA) is 27.1 Å². The molecule has 0 saturated carbocycles. The molecule has 1 aromatic rings. The number of benzene rings is 1. The van der Waals surface area contributed by atoms with Crippen LogP contribution < -0.4 is 0 Å². The van der Waals surface area contributed by atoms with Crippen molar-refractivity contribution in [2.24, 2.45) is 0 Å². The van der Waals surface area contributed by atoms with Crippen LogP contribution in [-0.4, -0.2) is 25.3 Å². The van der Waals surface area contributed by atoms with Crippen molar-refractivity contribution in [3.63, 3.8) is 0 Å². The van der Waals surface area contributed by atoms with Crippen LogP contribution in [0.2, 0.25) is 0 Å². The summed E-state index contributed by atoms with van der Waals surface area (Å²) in [5.41, 5.74) is 2.74. The van der Waals surface area contributed by atoms with Gasteiger partial charge in [-0.25, -0.2) is 0 Å². The molecular weight excluding hydrogens is 160 g/mol. The molecule has 0 atom stereocenters. The first-order chi connectivity index (χ1) is 6.07. The van der Waals surface area contributed by atoms with Crippen molar-refractivity contribution in [1.82, 2.24) is 4.90 Å². The van der Waals surface area contributed by atoms with E-state index in [1.807, 2.05) is 14.1 Å². The molecule has 0 spiro atoms. The lowest BCUT2D eigenvalue weighted by atomic mass is 10.1. The van der Waals surface area contributed by atoms with Crippen LogP contribution in [0.3, 0.4) is 0 Å². The highest BCUT2D eigenvalue weighted by atomic mass is 15.1. The summed E-state index contributed by atoms with van der Waals surface area (Å²) in [5.74, 6) is 0. The van der Waals surface area contributed by atoms with E-state index < -0.39 is 0 Å². The Hall–Kier alpha value is -1.31. The molecule has 0 unspecified atom stereocenters. The van der Waals surface area contributed by atoms with Gasteiger partial charge in [-0.3, -0.25) is 5.41 Å². The second-order valence-corrected chi connectivity index (χ2v) is 3.18. The van der Waals surface area contributed by atoms with E-state index in [9.17, 15) is 0 Å². The molecule has 13 heavy (non-hydrogen) atoms. The fraction of sp³-hybridized carbons (Fsp3) is 0.364. The average molecular weight is 178 g/mol. The van der Waals surface area contributed by atoms with E-state index in [1.165, 1.54) is 17.5 Å². The van der Waals surface area contributed by atoms with E-state index >= 15 is 0 Å². The third kappa shape index (κ3) is 5.91. The van der Waals surface area contributed by atoms with Gasteiger partial charge in [0.25, 0.3) is 0 Å². The second kappa shape index (κ2) is 6.23. The van der Waals surface area contributed by atoms with E-state index in [0.717, 1.165) is 0 Å². The predicted octanol–water partition coefficient (Wildman–Crippen LogP) is 2.46. The molecule has 1 N–H and O–H groups in total. The molecule has 1 aromatic carbocycles. The van der Waals surface area contributed by atoms with Gasteiger partial charge in [0.05, 0.1) is 6.34 Å². The van der Waals surface area contributed by atoms with Crippen LogP contribution in [0.5, 0.6) is 0 Å². The first-order valence-electron chi connectivity index (χ1n) is 4.27. The molecule has 1 rings (SSSR count). The number of hydrogen-bond donors (Lipinski definition) is 1. The van der Waals surface area contributed by atoms with Crippen LogP contribution in [0.15, 0.2) is 24.3 Å². The zero-order valence-electron chi connectivity index (χ0n) is 8.83. The van der Waals surface area contributed by atoms with Gasteiger partial charge in [-0.05, 0) is 25.0 Å². The molecule has 0 aliphatic heterocycles. The van der Waals surface area contributed by atoms with E-state index in [2.05, 4.69) is 38.1 Å². The maximum absolute atomic E-state index is 6.46. The standard InChI is InChI=1S/C8H10.C3H8N2/c1-7-5-3-4-6-8(7)2;1-5(2)3-4/h3-6H,1-2H3;3-4H,1-2H3. The Kier molecular flexibility index (Phi) is 5.60. The van der Waals surface area contributed by atoms with Gasteiger partial charge in [0.15, 0.2) is 0 Å². The molecular formula is C11H18N2. The second-order valence-electron chi connectivity index (χ2n) is 3.18. The summed E-state index contributed by atoms with van der Waals surface area (Å²) in [6.07, 6.45) is 1.25. The molecule has 0 fully saturated rings. The molecule has 0 aromatic heterocycles. The van der Waals surface area contributed by atoms with Crippen LogP contribution in [-0.2, 0) is 0 Å². The lowest BCUT2D eigenvalue weighted by Crippen LogP contribution is -2.05. The van der Waals surface area contributed by atoms with Crippen LogP contribution in [0.4, 0.5) is 0 Å². The van der Waals surface area contributed by atoms with Crippen molar-refractivity contribution in [3.8, 4) is 0 Å². The summed E-state index contributed by atoms with van der Waals surface area (Å²) in [6.45, 7) is 4.24. The van der Waals surface area contributed by atoms with Crippen molar-refractivity contribution >= 4 is 6.34 Å². The van der Waals surface area contributed by atoms with E-state index in [1.54, 1.807) is 4.90 Å². The fourth-order valence-corrected chi connectivity index (χ4v) is 0.663. The van der Waals surface area contributed by atoms with Crippen LogP contribution in [0.1, 0.15) is 11.1 Å². The molecule has 72 valence electrons. The van der Waals surface area contributed by atoms with Gasteiger partial charge in [-0.1, -0.05) is 24.3 Å². The summed E-state index contributed by atoms with van der Waals surface area (Å²) in [5, 5.41) is 6.46. The minimum Gasteiger partial charge on any atom is -0.369 e. The van der Waals surface area contributed by atoms with Crippen LogP contribution in [0.25, 0.3) is 0 Å². The lowest BCUT2D eigenvalue weighted by Gasteiger charge is -1.96. The summed E-state index contributed by atoms with van der Waals surface area (Å²) < 4.78 is 0. The zero-order chi connectivity index (χ0) is 10.3. The van der Waals surface area contributed by atoms with Crippen LogP contribution in [0, 0.1) is 19.3 Å². The average Bonchev–Trinajstić information content (AvgIpc) is 2.11. The van der Waals surface area contributed by atoms with E-state index in [0.29, 0.717) is 0 Å². The Balaban J connectivity index is 0.000000252. The van der Waals surface area contributed by atoms with E-state index in [4.69, 9.17) is 5.41 Å². The van der Waals surface area contributed by atoms with Crippen molar-refractivity contribution < 1.29 is 0 Å². The molecule has 0 aliphatic carbocycles. The summed E-state index contributed by atoms with van der Waals surface area (Å²) in [7, 11) is 3.62. The zero-order valence-corrected chi connectivity index (χ0v) is 8.83. The SMILES string of the molecule is CN(C)C=N.Cc1ccccc1C. The molecule has 0 heterocycles. The van der Waals surface area contributed by atoms with Crippen LogP contribution >= 0.6 is 0 Å². The van der Waals surface area contributed by atoms with Gasteiger partial charge < -0.3 is 4.90 Å². The molecule has 0 radical (unpaired) electrons. The maximum Gasteiger partial charge on any atom is 0.0812 e. The largest absolute Gasteiger partial charge is 0.369 e. The van der Waals surface area contributed by atoms with Crippen molar-refractivity contribution in [3.05, 3.63) is 35.4 Å². The number of nitrogens with one attached hydrogen (secondary N) is 1. The van der Waals surface area contributed by atoms with E-state index in [-0.39, 0.29) is 0 Å². The lowest BCUT2D eigenvalue weighted by molar-refractivity contribution is 0.639. The Labute approximate surface area is 80.7 Å². The van der Waals surface area contributed by atoms with Gasteiger partial charge in [0.2, 0.25) is 0 Å². The summed E-state index contributed by atoms with van der Waals surface area (Å²) >= 11 is 0. The third-order valence-corrected chi connectivity index (χ3v) is 1.68. The first-order valence-corrected chi connectivity index (χ1v) is 4.27. The van der Waals surface area contributed by atoms with Gasteiger partial charge in [-0.2, -0.15) is 0 Å². The molecule has 0 saturated heterocycles. The van der Waals surface area contributed by atoms with Gasteiger partial charge >= 0.3 is 0 Å². The molecule has 0 amide bonds.